The van der Waals surface area contributed by atoms with E-state index in [-0.39, 0.29) is 0 Å². The summed E-state index contributed by atoms with van der Waals surface area (Å²) < 4.78 is 0. The second kappa shape index (κ2) is 8.19. The fourth-order valence-electron chi connectivity index (χ4n) is 3.64. The van der Waals surface area contributed by atoms with Gasteiger partial charge in [-0.2, -0.15) is 0 Å². The zero-order valence-electron chi connectivity index (χ0n) is 13.4. The number of rotatable bonds is 7. The molecular formula is C18H31NS. The molecule has 1 aliphatic rings. The molecule has 1 saturated carbocycles. The third-order valence-corrected chi connectivity index (χ3v) is 5.67. The summed E-state index contributed by atoms with van der Waals surface area (Å²) in [5.41, 5.74) is 0. The van der Waals surface area contributed by atoms with Gasteiger partial charge >= 0.3 is 0 Å². The molecule has 1 aromatic rings. The van der Waals surface area contributed by atoms with Crippen molar-refractivity contribution in [2.24, 2.45) is 17.8 Å². The Morgan fingerprint density at radius 2 is 2.20 bits per heavy atom. The first-order valence-corrected chi connectivity index (χ1v) is 9.32. The van der Waals surface area contributed by atoms with E-state index in [9.17, 15) is 0 Å². The van der Waals surface area contributed by atoms with Gasteiger partial charge in [-0.15, -0.1) is 11.3 Å². The highest BCUT2D eigenvalue weighted by molar-refractivity contribution is 7.10. The molecule has 1 nitrogen and oxygen atoms in total. The lowest BCUT2D eigenvalue weighted by Crippen LogP contribution is -2.33. The lowest BCUT2D eigenvalue weighted by Gasteiger charge is -2.36. The van der Waals surface area contributed by atoms with Gasteiger partial charge in [0.25, 0.3) is 0 Å². The molecule has 0 aliphatic heterocycles. The predicted octanol–water partition coefficient (Wildman–Crippen LogP) is 5.29. The Morgan fingerprint density at radius 3 is 2.85 bits per heavy atom. The first-order chi connectivity index (χ1) is 9.70. The molecule has 1 N–H and O–H groups in total. The highest BCUT2D eigenvalue weighted by Crippen LogP contribution is 2.43. The quantitative estimate of drug-likeness (QED) is 0.720. The van der Waals surface area contributed by atoms with Gasteiger partial charge in [0.2, 0.25) is 0 Å². The maximum absolute atomic E-state index is 3.70. The summed E-state index contributed by atoms with van der Waals surface area (Å²) in [5, 5.41) is 5.95. The molecule has 0 bridgehead atoms. The summed E-state index contributed by atoms with van der Waals surface area (Å²) >= 11 is 1.97. The molecule has 1 fully saturated rings. The van der Waals surface area contributed by atoms with Gasteiger partial charge in [-0.1, -0.05) is 46.1 Å². The molecule has 2 rings (SSSR count). The number of thiophene rings is 1. The third kappa shape index (κ3) is 4.60. The Labute approximate surface area is 129 Å². The van der Waals surface area contributed by atoms with E-state index < -0.39 is 0 Å². The smallest absolute Gasteiger partial charge is 0.00795 e. The van der Waals surface area contributed by atoms with Gasteiger partial charge in [-0.25, -0.2) is 0 Å². The Bertz CT molecular complexity index is 358. The molecule has 114 valence electrons. The van der Waals surface area contributed by atoms with Crippen molar-refractivity contribution in [2.45, 2.75) is 58.8 Å². The van der Waals surface area contributed by atoms with E-state index >= 15 is 0 Å². The van der Waals surface area contributed by atoms with Crippen molar-refractivity contribution in [3.05, 3.63) is 22.4 Å². The molecule has 2 heteroatoms. The Kier molecular flexibility index (Phi) is 6.57. The molecule has 3 unspecified atom stereocenters. The fourth-order valence-corrected chi connectivity index (χ4v) is 4.58. The van der Waals surface area contributed by atoms with E-state index in [0.717, 1.165) is 30.2 Å². The van der Waals surface area contributed by atoms with Gasteiger partial charge in [0.05, 0.1) is 0 Å². The van der Waals surface area contributed by atoms with E-state index in [2.05, 4.69) is 43.6 Å². The van der Waals surface area contributed by atoms with Crippen LogP contribution >= 0.6 is 11.3 Å². The SMILES string of the molecule is CCCC1CCC(CNCC(C)C)C(c2cccs2)C1. The Morgan fingerprint density at radius 1 is 1.35 bits per heavy atom. The van der Waals surface area contributed by atoms with Crippen molar-refractivity contribution in [1.82, 2.24) is 5.32 Å². The topological polar surface area (TPSA) is 12.0 Å². The van der Waals surface area contributed by atoms with Crippen LogP contribution in [-0.4, -0.2) is 13.1 Å². The predicted molar refractivity (Wildman–Crippen MR) is 90.5 cm³/mol. The van der Waals surface area contributed by atoms with Crippen LogP contribution in [0.1, 0.15) is 63.7 Å². The highest BCUT2D eigenvalue weighted by atomic mass is 32.1. The summed E-state index contributed by atoms with van der Waals surface area (Å²) in [4.78, 5) is 1.63. The zero-order valence-corrected chi connectivity index (χ0v) is 14.2. The first-order valence-electron chi connectivity index (χ1n) is 8.44. The molecule has 0 aromatic carbocycles. The summed E-state index contributed by atoms with van der Waals surface area (Å²) in [5.74, 6) is 3.38. The normalized spacial score (nSPS) is 27.1. The number of hydrogen-bond acceptors (Lipinski definition) is 2. The number of hydrogen-bond donors (Lipinski definition) is 1. The molecule has 1 aromatic heterocycles. The maximum atomic E-state index is 3.70. The standard InChI is InChI=1S/C18H31NS/c1-4-6-15-8-9-16(13-19-12-14(2)3)17(11-15)18-7-5-10-20-18/h5,7,10,14-17,19H,4,6,8-9,11-13H2,1-3H3. The zero-order chi connectivity index (χ0) is 14.4. The first kappa shape index (κ1) is 16.0. The van der Waals surface area contributed by atoms with Gasteiger partial charge in [-0.05, 0) is 61.0 Å². The minimum absolute atomic E-state index is 0.756. The Hall–Kier alpha value is -0.340. The van der Waals surface area contributed by atoms with Crippen molar-refractivity contribution < 1.29 is 0 Å². The summed E-state index contributed by atoms with van der Waals surface area (Å²) in [6, 6.07) is 4.58. The second-order valence-electron chi connectivity index (χ2n) is 6.90. The summed E-state index contributed by atoms with van der Waals surface area (Å²) in [7, 11) is 0. The van der Waals surface area contributed by atoms with Crippen LogP contribution in [0.15, 0.2) is 17.5 Å². The van der Waals surface area contributed by atoms with E-state index in [4.69, 9.17) is 0 Å². The van der Waals surface area contributed by atoms with Crippen LogP contribution < -0.4 is 5.32 Å². The minimum Gasteiger partial charge on any atom is -0.316 e. The van der Waals surface area contributed by atoms with Crippen LogP contribution in [0.25, 0.3) is 0 Å². The van der Waals surface area contributed by atoms with Crippen LogP contribution in [0.2, 0.25) is 0 Å². The number of nitrogens with one attached hydrogen (secondary N) is 1. The fraction of sp³-hybridized carbons (Fsp3) is 0.778. The van der Waals surface area contributed by atoms with Gasteiger partial charge in [0.15, 0.2) is 0 Å². The largest absolute Gasteiger partial charge is 0.316 e. The molecule has 0 saturated heterocycles. The van der Waals surface area contributed by atoms with E-state index in [0.29, 0.717) is 0 Å². The van der Waals surface area contributed by atoms with Crippen molar-refractivity contribution in [3.8, 4) is 0 Å². The van der Waals surface area contributed by atoms with E-state index in [1.54, 1.807) is 4.88 Å². The van der Waals surface area contributed by atoms with Crippen molar-refractivity contribution in [3.63, 3.8) is 0 Å². The van der Waals surface area contributed by atoms with Crippen LogP contribution in [0, 0.1) is 17.8 Å². The van der Waals surface area contributed by atoms with Crippen LogP contribution in [0.3, 0.4) is 0 Å². The van der Waals surface area contributed by atoms with Gasteiger partial charge in [0, 0.05) is 4.88 Å². The average Bonchev–Trinajstić information content (AvgIpc) is 2.94. The molecule has 0 amide bonds. The molecule has 0 spiro atoms. The lowest BCUT2D eigenvalue weighted by molar-refractivity contribution is 0.221. The molecular weight excluding hydrogens is 262 g/mol. The van der Waals surface area contributed by atoms with Crippen LogP contribution in [-0.2, 0) is 0 Å². The van der Waals surface area contributed by atoms with Gasteiger partial charge in [-0.3, -0.25) is 0 Å². The average molecular weight is 294 g/mol. The maximum Gasteiger partial charge on any atom is 0.00795 e. The van der Waals surface area contributed by atoms with Gasteiger partial charge < -0.3 is 5.32 Å². The van der Waals surface area contributed by atoms with Crippen LogP contribution in [0.4, 0.5) is 0 Å². The van der Waals surface area contributed by atoms with E-state index in [1.807, 2.05) is 11.3 Å². The molecule has 1 heterocycles. The van der Waals surface area contributed by atoms with Gasteiger partial charge in [0.1, 0.15) is 0 Å². The van der Waals surface area contributed by atoms with Crippen molar-refractivity contribution in [1.29, 1.82) is 0 Å². The molecule has 20 heavy (non-hydrogen) atoms. The highest BCUT2D eigenvalue weighted by Gasteiger charge is 2.31. The Balaban J connectivity index is 1.94. The van der Waals surface area contributed by atoms with Crippen molar-refractivity contribution in [2.75, 3.05) is 13.1 Å². The summed E-state index contributed by atoms with van der Waals surface area (Å²) in [6.45, 7) is 9.28. The monoisotopic (exact) mass is 293 g/mol. The lowest BCUT2D eigenvalue weighted by atomic mass is 9.72. The van der Waals surface area contributed by atoms with Crippen molar-refractivity contribution >= 4 is 11.3 Å². The second-order valence-corrected chi connectivity index (χ2v) is 7.88. The van der Waals surface area contributed by atoms with E-state index in [1.165, 1.54) is 38.6 Å². The molecule has 3 atom stereocenters. The third-order valence-electron chi connectivity index (χ3n) is 4.67. The van der Waals surface area contributed by atoms with Crippen LogP contribution in [0.5, 0.6) is 0 Å². The molecule has 1 aliphatic carbocycles. The molecule has 0 radical (unpaired) electrons. The minimum atomic E-state index is 0.756. The summed E-state index contributed by atoms with van der Waals surface area (Å²) in [6.07, 6.45) is 7.05.